The predicted octanol–water partition coefficient (Wildman–Crippen LogP) is 5.19. The summed E-state index contributed by atoms with van der Waals surface area (Å²) in [5.41, 5.74) is 4.93. The van der Waals surface area contributed by atoms with Gasteiger partial charge in [-0.25, -0.2) is 0 Å². The minimum Gasteiger partial charge on any atom is -0.459 e. The lowest BCUT2D eigenvalue weighted by atomic mass is 9.95. The molecule has 0 bridgehead atoms. The Morgan fingerprint density at radius 2 is 2.05 bits per heavy atom. The first-order valence-corrected chi connectivity index (χ1v) is 8.22. The van der Waals surface area contributed by atoms with E-state index in [4.69, 9.17) is 4.42 Å². The lowest BCUT2D eigenvalue weighted by Gasteiger charge is -2.10. The Kier molecular flexibility index (Phi) is 3.67. The Balaban J connectivity index is 2.13. The van der Waals surface area contributed by atoms with Crippen LogP contribution in [0.2, 0.25) is 0 Å². The SMILES string of the molecule is Cc1cc2oc(CNC3CC3)c(C(C)C)c2c(C)c1Br. The quantitative estimate of drug-likeness (QED) is 0.831. The first-order valence-electron chi connectivity index (χ1n) is 7.43. The highest BCUT2D eigenvalue weighted by Gasteiger charge is 2.24. The van der Waals surface area contributed by atoms with E-state index in [9.17, 15) is 0 Å². The number of fused-ring (bicyclic) bond motifs is 1. The Hall–Kier alpha value is -0.800. The summed E-state index contributed by atoms with van der Waals surface area (Å²) in [6.07, 6.45) is 2.61. The van der Waals surface area contributed by atoms with Crippen LogP contribution in [0.3, 0.4) is 0 Å². The van der Waals surface area contributed by atoms with Crippen molar-refractivity contribution in [1.29, 1.82) is 0 Å². The predicted molar refractivity (Wildman–Crippen MR) is 87.3 cm³/mol. The highest BCUT2D eigenvalue weighted by Crippen LogP contribution is 2.38. The van der Waals surface area contributed by atoms with E-state index in [-0.39, 0.29) is 0 Å². The highest BCUT2D eigenvalue weighted by molar-refractivity contribution is 9.10. The van der Waals surface area contributed by atoms with Gasteiger partial charge in [0.25, 0.3) is 0 Å². The third kappa shape index (κ3) is 2.42. The van der Waals surface area contributed by atoms with Crippen molar-refractivity contribution in [1.82, 2.24) is 5.32 Å². The van der Waals surface area contributed by atoms with Crippen molar-refractivity contribution in [3.8, 4) is 0 Å². The third-order valence-electron chi connectivity index (χ3n) is 4.15. The van der Waals surface area contributed by atoms with Gasteiger partial charge in [0, 0.05) is 21.5 Å². The van der Waals surface area contributed by atoms with E-state index in [1.165, 1.54) is 39.4 Å². The van der Waals surface area contributed by atoms with Crippen molar-refractivity contribution in [2.24, 2.45) is 0 Å². The van der Waals surface area contributed by atoms with Crippen molar-refractivity contribution in [2.75, 3.05) is 0 Å². The molecule has 1 aromatic carbocycles. The molecule has 108 valence electrons. The molecule has 0 amide bonds. The number of hydrogen-bond donors (Lipinski definition) is 1. The van der Waals surface area contributed by atoms with Gasteiger partial charge in [-0.1, -0.05) is 29.8 Å². The Morgan fingerprint density at radius 1 is 1.35 bits per heavy atom. The molecule has 0 atom stereocenters. The fourth-order valence-electron chi connectivity index (χ4n) is 2.93. The number of halogens is 1. The van der Waals surface area contributed by atoms with E-state index in [0.717, 1.165) is 17.9 Å². The summed E-state index contributed by atoms with van der Waals surface area (Å²) in [4.78, 5) is 0. The van der Waals surface area contributed by atoms with Gasteiger partial charge in [-0.05, 0) is 49.8 Å². The molecule has 2 aromatic rings. The second-order valence-corrected chi connectivity index (χ2v) is 7.05. The van der Waals surface area contributed by atoms with Gasteiger partial charge >= 0.3 is 0 Å². The number of furan rings is 1. The topological polar surface area (TPSA) is 25.2 Å². The summed E-state index contributed by atoms with van der Waals surface area (Å²) in [6, 6.07) is 2.86. The van der Waals surface area contributed by atoms with E-state index in [0.29, 0.717) is 12.0 Å². The minimum atomic E-state index is 0.473. The summed E-state index contributed by atoms with van der Waals surface area (Å²) in [6.45, 7) is 9.65. The fourth-order valence-corrected chi connectivity index (χ4v) is 3.24. The van der Waals surface area contributed by atoms with E-state index in [1.807, 2.05) is 0 Å². The molecule has 3 heteroatoms. The van der Waals surface area contributed by atoms with Gasteiger partial charge in [-0.3, -0.25) is 0 Å². The first kappa shape index (κ1) is 14.2. The maximum atomic E-state index is 6.17. The number of hydrogen-bond acceptors (Lipinski definition) is 2. The maximum Gasteiger partial charge on any atom is 0.135 e. The fraction of sp³-hybridized carbons (Fsp3) is 0.529. The van der Waals surface area contributed by atoms with E-state index < -0.39 is 0 Å². The molecule has 0 aliphatic heterocycles. The van der Waals surface area contributed by atoms with Gasteiger partial charge < -0.3 is 9.73 Å². The molecular weight excluding hydrogens is 314 g/mol. The zero-order valence-electron chi connectivity index (χ0n) is 12.6. The summed E-state index contributed by atoms with van der Waals surface area (Å²) >= 11 is 3.71. The molecule has 1 aliphatic carbocycles. The van der Waals surface area contributed by atoms with Gasteiger partial charge in [0.2, 0.25) is 0 Å². The van der Waals surface area contributed by atoms with E-state index >= 15 is 0 Å². The Morgan fingerprint density at radius 3 is 2.65 bits per heavy atom. The minimum absolute atomic E-state index is 0.473. The summed E-state index contributed by atoms with van der Waals surface area (Å²) in [5, 5.41) is 4.87. The number of aryl methyl sites for hydroxylation is 2. The second kappa shape index (κ2) is 5.19. The van der Waals surface area contributed by atoms with Crippen molar-refractivity contribution < 1.29 is 4.42 Å². The van der Waals surface area contributed by atoms with Crippen LogP contribution >= 0.6 is 15.9 Å². The van der Waals surface area contributed by atoms with Crippen LogP contribution in [0.5, 0.6) is 0 Å². The molecule has 0 radical (unpaired) electrons. The third-order valence-corrected chi connectivity index (χ3v) is 5.37. The molecule has 1 fully saturated rings. The monoisotopic (exact) mass is 335 g/mol. The van der Waals surface area contributed by atoms with Gasteiger partial charge in [0.15, 0.2) is 0 Å². The number of benzene rings is 1. The average molecular weight is 336 g/mol. The second-order valence-electron chi connectivity index (χ2n) is 6.25. The van der Waals surface area contributed by atoms with Crippen LogP contribution in [0.15, 0.2) is 15.0 Å². The molecule has 1 aromatic heterocycles. The van der Waals surface area contributed by atoms with Crippen molar-refractivity contribution >= 4 is 26.9 Å². The van der Waals surface area contributed by atoms with Crippen LogP contribution in [0.1, 0.15) is 55.1 Å². The summed E-state index contributed by atoms with van der Waals surface area (Å²) in [5.74, 6) is 1.59. The molecule has 1 heterocycles. The van der Waals surface area contributed by atoms with Gasteiger partial charge in [0.1, 0.15) is 11.3 Å². The average Bonchev–Trinajstić information content (AvgIpc) is 3.14. The van der Waals surface area contributed by atoms with E-state index in [2.05, 4.69) is 55.0 Å². The van der Waals surface area contributed by atoms with Crippen LogP contribution in [0, 0.1) is 13.8 Å². The van der Waals surface area contributed by atoms with Crippen molar-refractivity contribution in [2.45, 2.75) is 59.0 Å². The van der Waals surface area contributed by atoms with Crippen LogP contribution in [-0.2, 0) is 6.54 Å². The first-order chi connectivity index (χ1) is 9.49. The molecule has 0 saturated heterocycles. The lowest BCUT2D eigenvalue weighted by Crippen LogP contribution is -2.16. The summed E-state index contributed by atoms with van der Waals surface area (Å²) in [7, 11) is 0. The van der Waals surface area contributed by atoms with Gasteiger partial charge in [-0.2, -0.15) is 0 Å². The zero-order chi connectivity index (χ0) is 14.4. The molecule has 1 saturated carbocycles. The van der Waals surface area contributed by atoms with E-state index in [1.54, 1.807) is 0 Å². The normalized spacial score (nSPS) is 15.5. The molecule has 2 nitrogen and oxygen atoms in total. The smallest absolute Gasteiger partial charge is 0.135 e. The van der Waals surface area contributed by atoms with Gasteiger partial charge in [-0.15, -0.1) is 0 Å². The van der Waals surface area contributed by atoms with Crippen LogP contribution in [0.4, 0.5) is 0 Å². The molecule has 0 unspecified atom stereocenters. The number of nitrogens with one attached hydrogen (secondary N) is 1. The Labute approximate surface area is 129 Å². The molecule has 1 aliphatic rings. The zero-order valence-corrected chi connectivity index (χ0v) is 14.2. The van der Waals surface area contributed by atoms with Crippen molar-refractivity contribution in [3.05, 3.63) is 33.0 Å². The molecular formula is C17H22BrNO. The van der Waals surface area contributed by atoms with Crippen LogP contribution in [0.25, 0.3) is 11.0 Å². The summed E-state index contributed by atoms with van der Waals surface area (Å²) < 4.78 is 7.38. The standard InChI is InChI=1S/C17H22BrNO/c1-9(2)15-14(8-19-12-5-6-12)20-13-7-10(3)17(18)11(4)16(13)15/h7,9,12,19H,5-6,8H2,1-4H3. The lowest BCUT2D eigenvalue weighted by molar-refractivity contribution is 0.503. The molecule has 20 heavy (non-hydrogen) atoms. The maximum absolute atomic E-state index is 6.17. The number of rotatable bonds is 4. The Bertz CT molecular complexity index is 653. The largest absolute Gasteiger partial charge is 0.459 e. The van der Waals surface area contributed by atoms with Crippen LogP contribution in [-0.4, -0.2) is 6.04 Å². The molecule has 3 rings (SSSR count). The van der Waals surface area contributed by atoms with Crippen molar-refractivity contribution in [3.63, 3.8) is 0 Å². The van der Waals surface area contributed by atoms with Crippen LogP contribution < -0.4 is 5.32 Å². The molecule has 0 spiro atoms. The van der Waals surface area contributed by atoms with Gasteiger partial charge in [0.05, 0.1) is 6.54 Å². The molecule has 1 N–H and O–H groups in total. The highest BCUT2D eigenvalue weighted by atomic mass is 79.9.